The zero-order valence-electron chi connectivity index (χ0n) is 10.3. The molecule has 0 radical (unpaired) electrons. The summed E-state index contributed by atoms with van der Waals surface area (Å²) < 4.78 is 7.06. The van der Waals surface area contributed by atoms with Crippen molar-refractivity contribution in [3.8, 4) is 0 Å². The van der Waals surface area contributed by atoms with E-state index in [1.807, 2.05) is 36.4 Å². The minimum absolute atomic E-state index is 0.348. The molecular formula is C15H10N2O2. The maximum atomic E-state index is 12.1. The molecule has 2 aromatic heterocycles. The van der Waals surface area contributed by atoms with Gasteiger partial charge in [-0.05, 0) is 11.5 Å². The number of benzene rings is 2. The SMILES string of the molecule is Cn1ncc2c3ccc4ccccc4c3oc(=O)c21. The van der Waals surface area contributed by atoms with Crippen molar-refractivity contribution in [1.82, 2.24) is 9.78 Å². The van der Waals surface area contributed by atoms with E-state index in [-0.39, 0.29) is 5.63 Å². The fraction of sp³-hybridized carbons (Fsp3) is 0.0667. The van der Waals surface area contributed by atoms with Gasteiger partial charge in [-0.25, -0.2) is 4.79 Å². The minimum atomic E-state index is -0.348. The van der Waals surface area contributed by atoms with Gasteiger partial charge in [-0.2, -0.15) is 5.10 Å². The standard InChI is InChI=1S/C15H10N2O2/c1-17-13-12(8-16-17)11-7-6-9-4-2-3-5-10(9)14(11)19-15(13)18/h2-8H,1H3. The second kappa shape index (κ2) is 3.45. The summed E-state index contributed by atoms with van der Waals surface area (Å²) in [5.74, 6) is 0. The molecule has 0 aliphatic heterocycles. The van der Waals surface area contributed by atoms with E-state index in [0.717, 1.165) is 21.5 Å². The summed E-state index contributed by atoms with van der Waals surface area (Å²) in [4.78, 5) is 12.1. The van der Waals surface area contributed by atoms with Gasteiger partial charge in [0.15, 0.2) is 5.52 Å². The monoisotopic (exact) mass is 250 g/mol. The van der Waals surface area contributed by atoms with Crippen LogP contribution < -0.4 is 5.63 Å². The van der Waals surface area contributed by atoms with Crippen molar-refractivity contribution < 1.29 is 4.42 Å². The minimum Gasteiger partial charge on any atom is -0.420 e. The Hall–Kier alpha value is -2.62. The lowest BCUT2D eigenvalue weighted by Gasteiger charge is -2.03. The molecule has 0 spiro atoms. The lowest BCUT2D eigenvalue weighted by Crippen LogP contribution is -2.05. The van der Waals surface area contributed by atoms with Crippen molar-refractivity contribution in [2.75, 3.05) is 0 Å². The molecule has 0 atom stereocenters. The molecule has 92 valence electrons. The lowest BCUT2D eigenvalue weighted by atomic mass is 10.1. The molecule has 19 heavy (non-hydrogen) atoms. The number of hydrogen-bond donors (Lipinski definition) is 0. The van der Waals surface area contributed by atoms with Crippen LogP contribution in [0.3, 0.4) is 0 Å². The molecule has 0 aliphatic rings. The Morgan fingerprint density at radius 2 is 1.89 bits per heavy atom. The zero-order chi connectivity index (χ0) is 13.0. The van der Waals surface area contributed by atoms with Crippen LogP contribution in [0.2, 0.25) is 0 Å². The van der Waals surface area contributed by atoms with E-state index in [1.165, 1.54) is 0 Å². The summed E-state index contributed by atoms with van der Waals surface area (Å²) in [6.07, 6.45) is 1.71. The van der Waals surface area contributed by atoms with Crippen LogP contribution in [0.5, 0.6) is 0 Å². The van der Waals surface area contributed by atoms with Crippen LogP contribution in [0.4, 0.5) is 0 Å². The quantitative estimate of drug-likeness (QED) is 0.356. The Bertz CT molecular complexity index is 995. The van der Waals surface area contributed by atoms with Crippen molar-refractivity contribution in [2.24, 2.45) is 7.05 Å². The summed E-state index contributed by atoms with van der Waals surface area (Å²) in [6.45, 7) is 0. The number of aromatic nitrogens is 2. The fourth-order valence-corrected chi connectivity index (χ4v) is 2.58. The summed E-state index contributed by atoms with van der Waals surface area (Å²) in [5, 5.41) is 7.90. The van der Waals surface area contributed by atoms with Gasteiger partial charge in [-0.3, -0.25) is 4.68 Å². The van der Waals surface area contributed by atoms with E-state index in [4.69, 9.17) is 4.42 Å². The van der Waals surface area contributed by atoms with Crippen LogP contribution in [-0.2, 0) is 7.05 Å². The average Bonchev–Trinajstić information content (AvgIpc) is 2.82. The molecule has 4 nitrogen and oxygen atoms in total. The van der Waals surface area contributed by atoms with Gasteiger partial charge >= 0.3 is 5.63 Å². The average molecular weight is 250 g/mol. The van der Waals surface area contributed by atoms with Gasteiger partial charge in [-0.1, -0.05) is 30.3 Å². The molecule has 2 aromatic carbocycles. The highest BCUT2D eigenvalue weighted by Gasteiger charge is 2.12. The topological polar surface area (TPSA) is 48.0 Å². The molecule has 0 fully saturated rings. The smallest absolute Gasteiger partial charge is 0.362 e. The van der Waals surface area contributed by atoms with Gasteiger partial charge in [0.1, 0.15) is 5.58 Å². The lowest BCUT2D eigenvalue weighted by molar-refractivity contribution is 0.566. The molecule has 0 amide bonds. The molecule has 0 aliphatic carbocycles. The van der Waals surface area contributed by atoms with Crippen LogP contribution in [0.25, 0.3) is 32.6 Å². The van der Waals surface area contributed by atoms with Crippen molar-refractivity contribution in [3.05, 3.63) is 53.0 Å². The summed E-state index contributed by atoms with van der Waals surface area (Å²) in [7, 11) is 1.74. The van der Waals surface area contributed by atoms with Crippen LogP contribution >= 0.6 is 0 Å². The number of aryl methyl sites for hydroxylation is 1. The fourth-order valence-electron chi connectivity index (χ4n) is 2.58. The van der Waals surface area contributed by atoms with Gasteiger partial charge in [-0.15, -0.1) is 0 Å². The van der Waals surface area contributed by atoms with E-state index in [1.54, 1.807) is 17.9 Å². The first-order chi connectivity index (χ1) is 9.25. The Labute approximate surface area is 107 Å². The molecule has 0 saturated heterocycles. The molecule has 0 unspecified atom stereocenters. The summed E-state index contributed by atoms with van der Waals surface area (Å²) in [6, 6.07) is 11.9. The number of rotatable bonds is 0. The highest BCUT2D eigenvalue weighted by molar-refractivity contribution is 6.13. The van der Waals surface area contributed by atoms with Gasteiger partial charge < -0.3 is 4.42 Å². The molecule has 4 aromatic rings. The zero-order valence-corrected chi connectivity index (χ0v) is 10.3. The van der Waals surface area contributed by atoms with E-state index in [9.17, 15) is 4.79 Å². The first-order valence-corrected chi connectivity index (χ1v) is 6.02. The molecule has 4 heteroatoms. The van der Waals surface area contributed by atoms with Gasteiger partial charge in [0.25, 0.3) is 0 Å². The van der Waals surface area contributed by atoms with Crippen LogP contribution in [0.15, 0.2) is 51.8 Å². The third-order valence-corrected chi connectivity index (χ3v) is 3.50. The summed E-state index contributed by atoms with van der Waals surface area (Å²) in [5.41, 5.74) is 0.783. The molecule has 2 heterocycles. The third kappa shape index (κ3) is 1.28. The van der Waals surface area contributed by atoms with E-state index in [2.05, 4.69) is 5.10 Å². The van der Waals surface area contributed by atoms with E-state index < -0.39 is 0 Å². The van der Waals surface area contributed by atoms with Crippen LogP contribution in [0.1, 0.15) is 0 Å². The van der Waals surface area contributed by atoms with Crippen LogP contribution in [0, 0.1) is 0 Å². The Balaban J connectivity index is 2.37. The van der Waals surface area contributed by atoms with E-state index in [0.29, 0.717) is 11.1 Å². The van der Waals surface area contributed by atoms with Crippen molar-refractivity contribution in [1.29, 1.82) is 0 Å². The molecule has 0 bridgehead atoms. The van der Waals surface area contributed by atoms with Crippen LogP contribution in [-0.4, -0.2) is 9.78 Å². The number of nitrogens with zero attached hydrogens (tertiary/aromatic N) is 2. The second-order valence-corrected chi connectivity index (χ2v) is 4.58. The first kappa shape index (κ1) is 10.3. The number of fused-ring (bicyclic) bond motifs is 5. The summed E-state index contributed by atoms with van der Waals surface area (Å²) >= 11 is 0. The Morgan fingerprint density at radius 3 is 2.79 bits per heavy atom. The predicted molar refractivity (Wildman–Crippen MR) is 74.3 cm³/mol. The van der Waals surface area contributed by atoms with Crippen molar-refractivity contribution >= 4 is 32.6 Å². The molecular weight excluding hydrogens is 240 g/mol. The van der Waals surface area contributed by atoms with Gasteiger partial charge in [0, 0.05) is 23.2 Å². The Morgan fingerprint density at radius 1 is 1.05 bits per heavy atom. The maximum absolute atomic E-state index is 12.1. The molecule has 0 N–H and O–H groups in total. The first-order valence-electron chi connectivity index (χ1n) is 6.02. The molecule has 4 rings (SSSR count). The Kier molecular flexibility index (Phi) is 1.87. The number of hydrogen-bond acceptors (Lipinski definition) is 3. The second-order valence-electron chi connectivity index (χ2n) is 4.58. The maximum Gasteiger partial charge on any atom is 0.362 e. The highest BCUT2D eigenvalue weighted by Crippen LogP contribution is 2.28. The highest BCUT2D eigenvalue weighted by atomic mass is 16.4. The molecule has 0 saturated carbocycles. The van der Waals surface area contributed by atoms with E-state index >= 15 is 0 Å². The van der Waals surface area contributed by atoms with Crippen molar-refractivity contribution in [2.45, 2.75) is 0 Å². The van der Waals surface area contributed by atoms with Gasteiger partial charge in [0.2, 0.25) is 0 Å². The van der Waals surface area contributed by atoms with Crippen molar-refractivity contribution in [3.63, 3.8) is 0 Å². The third-order valence-electron chi connectivity index (χ3n) is 3.50. The normalized spacial score (nSPS) is 11.6. The van der Waals surface area contributed by atoms with Gasteiger partial charge in [0.05, 0.1) is 6.20 Å². The predicted octanol–water partition coefficient (Wildman–Crippen LogP) is 2.83. The largest absolute Gasteiger partial charge is 0.420 e.